The zero-order valence-electron chi connectivity index (χ0n) is 12.9. The van der Waals surface area contributed by atoms with E-state index < -0.39 is 5.91 Å². The first-order valence-corrected chi connectivity index (χ1v) is 7.84. The molecular weight excluding hydrogens is 367 g/mol. The lowest BCUT2D eigenvalue weighted by Crippen LogP contribution is -2.12. The van der Waals surface area contributed by atoms with Gasteiger partial charge < -0.3 is 19.7 Å². The second kappa shape index (κ2) is 7.04. The maximum absolute atomic E-state index is 12.3. The van der Waals surface area contributed by atoms with Gasteiger partial charge >= 0.3 is 0 Å². The molecule has 0 bridgehead atoms. The first-order valence-electron chi connectivity index (χ1n) is 7.08. The van der Waals surface area contributed by atoms with Crippen LogP contribution in [0.5, 0.6) is 11.5 Å². The summed E-state index contributed by atoms with van der Waals surface area (Å²) in [4.78, 5) is 12.3. The maximum atomic E-state index is 12.3. The first-order chi connectivity index (χ1) is 12.0. The van der Waals surface area contributed by atoms with Gasteiger partial charge in [-0.25, -0.2) is 0 Å². The Labute approximate surface area is 152 Å². The van der Waals surface area contributed by atoms with Crippen LogP contribution in [0.2, 0.25) is 10.0 Å². The molecule has 8 heteroatoms. The smallest absolute Gasteiger partial charge is 0.277 e. The second-order valence-electron chi connectivity index (χ2n) is 5.04. The molecule has 0 saturated heterocycles. The largest absolute Gasteiger partial charge is 0.504 e. The zero-order chi connectivity index (χ0) is 18.0. The van der Waals surface area contributed by atoms with E-state index in [4.69, 9.17) is 32.5 Å². The highest BCUT2D eigenvalue weighted by Crippen LogP contribution is 2.32. The number of aromatic hydroxyl groups is 1. The molecule has 0 fully saturated rings. The molecule has 1 amide bonds. The number of aromatic nitrogens is 1. The molecule has 6 nitrogen and oxygen atoms in total. The lowest BCUT2D eigenvalue weighted by molar-refractivity contribution is 0.101. The van der Waals surface area contributed by atoms with E-state index in [0.717, 1.165) is 0 Å². The number of nitrogens with zero attached hydrogens (tertiary/aromatic N) is 1. The Morgan fingerprint density at radius 1 is 1.20 bits per heavy atom. The molecule has 1 heterocycles. The molecule has 0 spiro atoms. The third-order valence-electron chi connectivity index (χ3n) is 3.38. The molecule has 0 unspecified atom stereocenters. The third-order valence-corrected chi connectivity index (χ3v) is 3.95. The quantitative estimate of drug-likeness (QED) is 0.691. The molecule has 0 atom stereocenters. The van der Waals surface area contributed by atoms with Gasteiger partial charge in [0.05, 0.1) is 17.8 Å². The number of carbonyl (C=O) groups excluding carboxylic acids is 1. The molecule has 0 saturated carbocycles. The van der Waals surface area contributed by atoms with E-state index in [-0.39, 0.29) is 11.4 Å². The summed E-state index contributed by atoms with van der Waals surface area (Å²) in [5.74, 6) is 0.0992. The Balaban J connectivity index is 1.82. The molecule has 2 N–H and O–H groups in total. The van der Waals surface area contributed by atoms with Gasteiger partial charge in [0.15, 0.2) is 23.0 Å². The van der Waals surface area contributed by atoms with Crippen molar-refractivity contribution in [3.8, 4) is 22.8 Å². The standard InChI is InChI=1S/C17H12Cl2N2O4/c1-24-15-5-2-9(6-14(15)22)16-8-13(21-25-16)17(23)20-12-7-10(18)3-4-11(12)19/h2-8,22H,1H3,(H,20,23). The van der Waals surface area contributed by atoms with Gasteiger partial charge in [0.25, 0.3) is 5.91 Å². The minimum atomic E-state index is -0.503. The first kappa shape index (κ1) is 17.1. The molecule has 3 rings (SSSR count). The summed E-state index contributed by atoms with van der Waals surface area (Å²) in [6, 6.07) is 10.9. The number of phenols is 1. The monoisotopic (exact) mass is 378 g/mol. The highest BCUT2D eigenvalue weighted by atomic mass is 35.5. The molecule has 1 aromatic heterocycles. The van der Waals surface area contributed by atoms with Gasteiger partial charge in [-0.2, -0.15) is 0 Å². The lowest BCUT2D eigenvalue weighted by atomic mass is 10.1. The van der Waals surface area contributed by atoms with Gasteiger partial charge in [0.2, 0.25) is 0 Å². The molecule has 0 aliphatic rings. The van der Waals surface area contributed by atoms with Crippen LogP contribution in [0.4, 0.5) is 5.69 Å². The van der Waals surface area contributed by atoms with Crippen molar-refractivity contribution in [1.82, 2.24) is 5.16 Å². The predicted octanol–water partition coefficient (Wildman–Crippen LogP) is 4.61. The van der Waals surface area contributed by atoms with Crippen molar-refractivity contribution in [3.63, 3.8) is 0 Å². The Bertz CT molecular complexity index is 940. The average molecular weight is 379 g/mol. The van der Waals surface area contributed by atoms with Crippen LogP contribution in [0.3, 0.4) is 0 Å². The van der Waals surface area contributed by atoms with Crippen molar-refractivity contribution in [2.24, 2.45) is 0 Å². The number of anilines is 1. The molecule has 0 radical (unpaired) electrons. The van der Waals surface area contributed by atoms with Crippen molar-refractivity contribution in [1.29, 1.82) is 0 Å². The van der Waals surface area contributed by atoms with Gasteiger partial charge in [0.1, 0.15) is 0 Å². The van der Waals surface area contributed by atoms with Crippen LogP contribution in [0, 0.1) is 0 Å². The number of benzene rings is 2. The van der Waals surface area contributed by atoms with Crippen LogP contribution in [0.25, 0.3) is 11.3 Å². The SMILES string of the molecule is COc1ccc(-c2cc(C(=O)Nc3cc(Cl)ccc3Cl)no2)cc1O. The summed E-state index contributed by atoms with van der Waals surface area (Å²) in [6.45, 7) is 0. The lowest BCUT2D eigenvalue weighted by Gasteiger charge is -2.05. The number of ether oxygens (including phenoxy) is 1. The van der Waals surface area contributed by atoms with E-state index in [1.165, 1.54) is 25.3 Å². The normalized spacial score (nSPS) is 10.5. The molecule has 25 heavy (non-hydrogen) atoms. The van der Waals surface area contributed by atoms with Crippen LogP contribution in [-0.2, 0) is 0 Å². The van der Waals surface area contributed by atoms with Gasteiger partial charge in [-0.1, -0.05) is 28.4 Å². The number of phenolic OH excluding ortho intramolecular Hbond substituents is 1. The Hall–Kier alpha value is -2.70. The predicted molar refractivity (Wildman–Crippen MR) is 94.6 cm³/mol. The minimum absolute atomic E-state index is 0.0480. The second-order valence-corrected chi connectivity index (χ2v) is 5.88. The van der Waals surface area contributed by atoms with Crippen molar-refractivity contribution in [3.05, 3.63) is 58.2 Å². The number of carbonyl (C=O) groups is 1. The number of amides is 1. The van der Waals surface area contributed by atoms with Crippen molar-refractivity contribution in [2.75, 3.05) is 12.4 Å². The van der Waals surface area contributed by atoms with Crippen LogP contribution in [-0.4, -0.2) is 23.3 Å². The highest BCUT2D eigenvalue weighted by Gasteiger charge is 2.16. The van der Waals surface area contributed by atoms with Gasteiger partial charge in [-0.3, -0.25) is 4.79 Å². The molecular formula is C17H12Cl2N2O4. The number of halogens is 2. The van der Waals surface area contributed by atoms with E-state index in [2.05, 4.69) is 10.5 Å². The Morgan fingerprint density at radius 2 is 2.00 bits per heavy atom. The van der Waals surface area contributed by atoms with E-state index in [0.29, 0.717) is 32.8 Å². The Kier molecular flexibility index (Phi) is 4.83. The van der Waals surface area contributed by atoms with E-state index in [1.54, 1.807) is 24.3 Å². The number of rotatable bonds is 4. The third kappa shape index (κ3) is 3.70. The van der Waals surface area contributed by atoms with Crippen molar-refractivity contribution in [2.45, 2.75) is 0 Å². The number of hydrogen-bond donors (Lipinski definition) is 2. The maximum Gasteiger partial charge on any atom is 0.277 e. The summed E-state index contributed by atoms with van der Waals surface area (Å²) in [7, 11) is 1.45. The van der Waals surface area contributed by atoms with Crippen molar-refractivity contribution < 1.29 is 19.2 Å². The van der Waals surface area contributed by atoms with Crippen LogP contribution < -0.4 is 10.1 Å². The Morgan fingerprint density at radius 3 is 2.72 bits per heavy atom. The fourth-order valence-corrected chi connectivity index (χ4v) is 2.48. The molecule has 3 aromatic rings. The van der Waals surface area contributed by atoms with E-state index >= 15 is 0 Å². The average Bonchev–Trinajstić information content (AvgIpc) is 3.08. The topological polar surface area (TPSA) is 84.6 Å². The van der Waals surface area contributed by atoms with E-state index in [1.807, 2.05) is 0 Å². The highest BCUT2D eigenvalue weighted by molar-refractivity contribution is 6.35. The number of nitrogens with one attached hydrogen (secondary N) is 1. The summed E-state index contributed by atoms with van der Waals surface area (Å²) in [6.07, 6.45) is 0. The summed E-state index contributed by atoms with van der Waals surface area (Å²) in [5.41, 5.74) is 0.970. The van der Waals surface area contributed by atoms with Crippen LogP contribution in [0.15, 0.2) is 47.0 Å². The minimum Gasteiger partial charge on any atom is -0.504 e. The zero-order valence-corrected chi connectivity index (χ0v) is 14.4. The van der Waals surface area contributed by atoms with E-state index in [9.17, 15) is 9.90 Å². The van der Waals surface area contributed by atoms with Gasteiger partial charge in [-0.05, 0) is 36.4 Å². The van der Waals surface area contributed by atoms with Crippen molar-refractivity contribution >= 4 is 34.8 Å². The van der Waals surface area contributed by atoms with Crippen LogP contribution in [0.1, 0.15) is 10.5 Å². The van der Waals surface area contributed by atoms with Gasteiger partial charge in [0, 0.05) is 16.7 Å². The summed E-state index contributed by atoms with van der Waals surface area (Å²) >= 11 is 11.9. The number of methoxy groups -OCH3 is 1. The molecule has 0 aliphatic heterocycles. The summed E-state index contributed by atoms with van der Waals surface area (Å²) < 4.78 is 10.2. The fraction of sp³-hybridized carbons (Fsp3) is 0.0588. The number of hydrogen-bond acceptors (Lipinski definition) is 5. The molecule has 128 valence electrons. The van der Waals surface area contributed by atoms with Crippen LogP contribution >= 0.6 is 23.2 Å². The molecule has 0 aliphatic carbocycles. The summed E-state index contributed by atoms with van der Waals surface area (Å²) in [5, 5.41) is 17.0. The molecule has 2 aromatic carbocycles. The van der Waals surface area contributed by atoms with Gasteiger partial charge in [-0.15, -0.1) is 0 Å². The fourth-order valence-electron chi connectivity index (χ4n) is 2.14.